The van der Waals surface area contributed by atoms with Gasteiger partial charge in [0.1, 0.15) is 12.3 Å². The molecule has 134 valence electrons. The van der Waals surface area contributed by atoms with E-state index in [1.54, 1.807) is 6.07 Å². The average molecular weight is 337 g/mol. The number of rotatable bonds is 7. The smallest absolute Gasteiger partial charge is 0.217 e. The van der Waals surface area contributed by atoms with E-state index in [1.807, 2.05) is 6.08 Å². The summed E-state index contributed by atoms with van der Waals surface area (Å²) in [4.78, 5) is 11.5. The number of ether oxygens (including phenoxy) is 1. The van der Waals surface area contributed by atoms with E-state index in [2.05, 4.69) is 24.3 Å². The normalized spacial score (nSPS) is 24.1. The molecule has 0 aromatic carbocycles. The molecule has 0 spiro atoms. The van der Waals surface area contributed by atoms with E-state index in [0.717, 1.165) is 18.4 Å². The van der Waals surface area contributed by atoms with Crippen molar-refractivity contribution in [2.75, 3.05) is 0 Å². The van der Waals surface area contributed by atoms with Crippen LogP contribution in [0.2, 0.25) is 0 Å². The Morgan fingerprint density at radius 3 is 2.79 bits per heavy atom. The summed E-state index contributed by atoms with van der Waals surface area (Å²) < 4.78 is 11.2. The van der Waals surface area contributed by atoms with Crippen LogP contribution >= 0.6 is 0 Å². The summed E-state index contributed by atoms with van der Waals surface area (Å²) in [5, 5.41) is 16.0. The van der Waals surface area contributed by atoms with Gasteiger partial charge in [0.05, 0.1) is 18.2 Å². The first-order valence-corrected chi connectivity index (χ1v) is 8.44. The molecule has 7 nitrogen and oxygen atoms in total. The van der Waals surface area contributed by atoms with Crippen molar-refractivity contribution in [3.8, 4) is 0 Å². The van der Waals surface area contributed by atoms with Gasteiger partial charge in [0.15, 0.2) is 5.76 Å². The number of carbonyl (C=O) groups is 1. The summed E-state index contributed by atoms with van der Waals surface area (Å²) in [6.07, 6.45) is 4.05. The van der Waals surface area contributed by atoms with Crippen molar-refractivity contribution in [2.24, 2.45) is 5.73 Å². The zero-order valence-electron chi connectivity index (χ0n) is 14.5. The first-order chi connectivity index (χ1) is 11.5. The third kappa shape index (κ3) is 4.43. The number of aliphatic hydroxyl groups is 1. The fourth-order valence-electron chi connectivity index (χ4n) is 2.97. The summed E-state index contributed by atoms with van der Waals surface area (Å²) in [6, 6.07) is 1.13. The molecule has 1 aliphatic carbocycles. The molecule has 0 aliphatic heterocycles. The van der Waals surface area contributed by atoms with Crippen molar-refractivity contribution in [1.82, 2.24) is 10.5 Å². The number of hydrogen-bond acceptors (Lipinski definition) is 6. The minimum atomic E-state index is -0.327. The first-order valence-electron chi connectivity index (χ1n) is 8.44. The molecule has 7 heteroatoms. The zero-order chi connectivity index (χ0) is 17.7. The highest BCUT2D eigenvalue weighted by atomic mass is 16.5. The molecule has 4 N–H and O–H groups in total. The van der Waals surface area contributed by atoms with Crippen molar-refractivity contribution in [1.29, 1.82) is 0 Å². The van der Waals surface area contributed by atoms with Gasteiger partial charge in [-0.25, -0.2) is 0 Å². The Hall–Kier alpha value is -1.70. The minimum Gasteiger partial charge on any atom is -0.388 e. The Bertz CT molecular complexity index is 580. The summed E-state index contributed by atoms with van der Waals surface area (Å²) in [7, 11) is 0. The molecule has 0 unspecified atom stereocenters. The van der Waals surface area contributed by atoms with Gasteiger partial charge in [-0.2, -0.15) is 0 Å². The van der Waals surface area contributed by atoms with E-state index in [-0.39, 0.29) is 36.8 Å². The van der Waals surface area contributed by atoms with Gasteiger partial charge >= 0.3 is 0 Å². The molecule has 1 aliphatic rings. The summed E-state index contributed by atoms with van der Waals surface area (Å²) in [5.41, 5.74) is 7.85. The molecule has 1 aromatic rings. The predicted octanol–water partition coefficient (Wildman–Crippen LogP) is 1.36. The number of aromatic nitrogens is 1. The van der Waals surface area contributed by atoms with Gasteiger partial charge in [0.2, 0.25) is 5.91 Å². The highest BCUT2D eigenvalue weighted by Crippen LogP contribution is 2.29. The summed E-state index contributed by atoms with van der Waals surface area (Å²) >= 11 is 0. The number of amides is 1. The molecule has 0 saturated carbocycles. The molecular weight excluding hydrogens is 310 g/mol. The lowest BCUT2D eigenvalue weighted by atomic mass is 9.87. The molecule has 0 bridgehead atoms. The molecule has 1 amide bonds. The Kier molecular flexibility index (Phi) is 6.53. The number of hydrogen-bond donors (Lipinski definition) is 3. The van der Waals surface area contributed by atoms with Crippen molar-refractivity contribution in [2.45, 2.75) is 70.9 Å². The Morgan fingerprint density at radius 1 is 1.54 bits per heavy atom. The standard InChI is InChI=1S/C17H27N3O4/c1-4-12(5-2)23-16-7-11(15-8-13(9-21)24-20-15)6-14(18)17(16)19-10(3)22/h7-8,12,14,16-17,21H,4-6,9,18H2,1-3H3,(H,19,22)/t14-,16+,17+/m0/s1. The highest BCUT2D eigenvalue weighted by Gasteiger charge is 2.34. The van der Waals surface area contributed by atoms with Gasteiger partial charge in [-0.3, -0.25) is 4.79 Å². The average Bonchev–Trinajstić information content (AvgIpc) is 3.04. The van der Waals surface area contributed by atoms with Gasteiger partial charge in [-0.15, -0.1) is 0 Å². The molecular formula is C17H27N3O4. The third-order valence-electron chi connectivity index (χ3n) is 4.31. The van der Waals surface area contributed by atoms with Crippen LogP contribution in [0.5, 0.6) is 0 Å². The monoisotopic (exact) mass is 337 g/mol. The van der Waals surface area contributed by atoms with E-state index in [9.17, 15) is 4.79 Å². The highest BCUT2D eigenvalue weighted by molar-refractivity contribution is 5.74. The second-order valence-corrected chi connectivity index (χ2v) is 6.16. The van der Waals surface area contributed by atoms with Crippen LogP contribution in [0.3, 0.4) is 0 Å². The Balaban J connectivity index is 2.28. The van der Waals surface area contributed by atoms with Gasteiger partial charge in [0.25, 0.3) is 0 Å². The number of nitrogens with one attached hydrogen (secondary N) is 1. The Morgan fingerprint density at radius 2 is 2.25 bits per heavy atom. The van der Waals surface area contributed by atoms with Crippen LogP contribution in [-0.4, -0.2) is 40.5 Å². The number of aliphatic hydroxyl groups excluding tert-OH is 1. The lowest BCUT2D eigenvalue weighted by molar-refractivity contribution is -0.121. The molecule has 2 rings (SSSR count). The molecule has 0 radical (unpaired) electrons. The van der Waals surface area contributed by atoms with Crippen molar-refractivity contribution < 1.29 is 19.2 Å². The van der Waals surface area contributed by atoms with Crippen LogP contribution < -0.4 is 11.1 Å². The topological polar surface area (TPSA) is 111 Å². The van der Waals surface area contributed by atoms with Crippen LogP contribution in [0.1, 0.15) is 51.5 Å². The fourth-order valence-corrected chi connectivity index (χ4v) is 2.97. The van der Waals surface area contributed by atoms with Gasteiger partial charge < -0.3 is 25.4 Å². The van der Waals surface area contributed by atoms with Crippen LogP contribution in [0.4, 0.5) is 0 Å². The van der Waals surface area contributed by atoms with Crippen LogP contribution in [-0.2, 0) is 16.1 Å². The van der Waals surface area contributed by atoms with Gasteiger partial charge in [0, 0.05) is 19.0 Å². The SMILES string of the molecule is CCC(CC)O[C@@H]1C=C(c2cc(CO)on2)C[C@H](N)[C@H]1NC(C)=O. The molecule has 3 atom stereocenters. The number of nitrogens with two attached hydrogens (primary N) is 1. The number of nitrogens with zero attached hydrogens (tertiary/aromatic N) is 1. The second kappa shape index (κ2) is 8.41. The van der Waals surface area contributed by atoms with Gasteiger partial charge in [-0.1, -0.05) is 19.0 Å². The first kappa shape index (κ1) is 18.6. The molecule has 24 heavy (non-hydrogen) atoms. The zero-order valence-corrected chi connectivity index (χ0v) is 14.5. The fraction of sp³-hybridized carbons (Fsp3) is 0.647. The lowest BCUT2D eigenvalue weighted by Crippen LogP contribution is -2.56. The summed E-state index contributed by atoms with van der Waals surface area (Å²) in [5.74, 6) is 0.273. The minimum absolute atomic E-state index is 0.0966. The predicted molar refractivity (Wildman–Crippen MR) is 89.8 cm³/mol. The van der Waals surface area contributed by atoms with E-state index in [4.69, 9.17) is 20.1 Å². The van der Waals surface area contributed by atoms with E-state index >= 15 is 0 Å². The Labute approximate surface area is 142 Å². The lowest BCUT2D eigenvalue weighted by Gasteiger charge is -2.36. The number of carbonyl (C=O) groups excluding carboxylic acids is 1. The third-order valence-corrected chi connectivity index (χ3v) is 4.31. The van der Waals surface area contributed by atoms with Crippen molar-refractivity contribution in [3.63, 3.8) is 0 Å². The van der Waals surface area contributed by atoms with Gasteiger partial charge in [-0.05, 0) is 30.9 Å². The van der Waals surface area contributed by atoms with Crippen LogP contribution in [0.25, 0.3) is 5.57 Å². The molecule has 0 saturated heterocycles. The maximum Gasteiger partial charge on any atom is 0.217 e. The van der Waals surface area contributed by atoms with Crippen LogP contribution in [0.15, 0.2) is 16.7 Å². The van der Waals surface area contributed by atoms with E-state index in [0.29, 0.717) is 17.9 Å². The quantitative estimate of drug-likeness (QED) is 0.693. The van der Waals surface area contributed by atoms with E-state index < -0.39 is 0 Å². The second-order valence-electron chi connectivity index (χ2n) is 6.16. The maximum absolute atomic E-state index is 11.5. The van der Waals surface area contributed by atoms with Crippen LogP contribution in [0, 0.1) is 0 Å². The molecule has 1 aromatic heterocycles. The molecule has 0 fully saturated rings. The maximum atomic E-state index is 11.5. The largest absolute Gasteiger partial charge is 0.388 e. The van der Waals surface area contributed by atoms with E-state index in [1.165, 1.54) is 6.92 Å². The summed E-state index contributed by atoms with van der Waals surface area (Å²) in [6.45, 7) is 5.42. The molecule has 1 heterocycles. The van der Waals surface area contributed by atoms with Crippen molar-refractivity contribution in [3.05, 3.63) is 23.6 Å². The van der Waals surface area contributed by atoms with Crippen molar-refractivity contribution >= 4 is 11.5 Å².